The van der Waals surface area contributed by atoms with E-state index < -0.39 is 0 Å². The van der Waals surface area contributed by atoms with Gasteiger partial charge in [0.25, 0.3) is 0 Å². The van der Waals surface area contributed by atoms with Crippen LogP contribution in [0.1, 0.15) is 23.1 Å². The molecular formula is C14H17NO2. The smallest absolute Gasteiger partial charge is 0.124 e. The summed E-state index contributed by atoms with van der Waals surface area (Å²) in [4.78, 5) is 0. The van der Waals surface area contributed by atoms with Crippen LogP contribution in [0.3, 0.4) is 0 Å². The predicted molar refractivity (Wildman–Crippen MR) is 67.0 cm³/mol. The Balaban J connectivity index is 1.97. The summed E-state index contributed by atoms with van der Waals surface area (Å²) in [5.74, 6) is 2.49. The van der Waals surface area contributed by atoms with Gasteiger partial charge >= 0.3 is 0 Å². The minimum absolute atomic E-state index is 0.233. The maximum atomic E-state index is 5.99. The van der Waals surface area contributed by atoms with Crippen LogP contribution in [0.5, 0.6) is 5.75 Å². The Morgan fingerprint density at radius 1 is 1.18 bits per heavy atom. The van der Waals surface area contributed by atoms with Crippen LogP contribution in [0.4, 0.5) is 0 Å². The highest BCUT2D eigenvalue weighted by Crippen LogP contribution is 2.19. The molecule has 0 fully saturated rings. The lowest BCUT2D eigenvalue weighted by atomic mass is 10.2. The SMILES string of the molecule is Cc1ccc(C(N)COc2ccccc2C)o1. The molecule has 0 aliphatic rings. The lowest BCUT2D eigenvalue weighted by Crippen LogP contribution is -2.18. The topological polar surface area (TPSA) is 48.4 Å². The van der Waals surface area contributed by atoms with E-state index in [1.807, 2.05) is 50.2 Å². The second-order valence-corrected chi connectivity index (χ2v) is 4.13. The van der Waals surface area contributed by atoms with Crippen LogP contribution < -0.4 is 10.5 Å². The molecule has 2 rings (SSSR count). The molecule has 0 saturated heterocycles. The Kier molecular flexibility index (Phi) is 3.49. The zero-order valence-corrected chi connectivity index (χ0v) is 10.1. The Hall–Kier alpha value is -1.74. The number of aryl methyl sites for hydroxylation is 2. The van der Waals surface area contributed by atoms with Crippen molar-refractivity contribution in [2.45, 2.75) is 19.9 Å². The Morgan fingerprint density at radius 3 is 2.59 bits per heavy atom. The molecule has 0 saturated carbocycles. The third kappa shape index (κ3) is 2.88. The summed E-state index contributed by atoms with van der Waals surface area (Å²) in [5.41, 5.74) is 7.09. The molecule has 0 bridgehead atoms. The highest BCUT2D eigenvalue weighted by atomic mass is 16.5. The third-order valence-corrected chi connectivity index (χ3v) is 2.64. The zero-order valence-electron chi connectivity index (χ0n) is 10.1. The Morgan fingerprint density at radius 2 is 1.94 bits per heavy atom. The van der Waals surface area contributed by atoms with Crippen LogP contribution >= 0.6 is 0 Å². The number of ether oxygens (including phenoxy) is 1. The monoisotopic (exact) mass is 231 g/mol. The summed E-state index contributed by atoms with van der Waals surface area (Å²) >= 11 is 0. The highest BCUT2D eigenvalue weighted by Gasteiger charge is 2.11. The number of hydrogen-bond acceptors (Lipinski definition) is 3. The number of rotatable bonds is 4. The van der Waals surface area contributed by atoms with Crippen molar-refractivity contribution in [3.63, 3.8) is 0 Å². The summed E-state index contributed by atoms with van der Waals surface area (Å²) in [6.45, 7) is 4.33. The molecule has 90 valence electrons. The molecule has 1 aromatic heterocycles. The van der Waals surface area contributed by atoms with Crippen molar-refractivity contribution in [2.24, 2.45) is 5.73 Å². The van der Waals surface area contributed by atoms with Gasteiger partial charge in [0.15, 0.2) is 0 Å². The van der Waals surface area contributed by atoms with Gasteiger partial charge < -0.3 is 14.9 Å². The first-order chi connectivity index (χ1) is 8.16. The van der Waals surface area contributed by atoms with Crippen LogP contribution in [0, 0.1) is 13.8 Å². The van der Waals surface area contributed by atoms with Gasteiger partial charge in [-0.25, -0.2) is 0 Å². The molecule has 2 N–H and O–H groups in total. The molecule has 0 amide bonds. The molecule has 0 aliphatic carbocycles. The lowest BCUT2D eigenvalue weighted by molar-refractivity contribution is 0.270. The van der Waals surface area contributed by atoms with E-state index in [4.69, 9.17) is 14.9 Å². The standard InChI is InChI=1S/C14H17NO2/c1-10-5-3-4-6-13(10)16-9-12(15)14-8-7-11(2)17-14/h3-8,12H,9,15H2,1-2H3. The van der Waals surface area contributed by atoms with Gasteiger partial charge in [-0.05, 0) is 37.6 Å². The third-order valence-electron chi connectivity index (χ3n) is 2.64. The number of benzene rings is 1. The molecule has 3 nitrogen and oxygen atoms in total. The number of hydrogen-bond donors (Lipinski definition) is 1. The summed E-state index contributed by atoms with van der Waals surface area (Å²) in [6, 6.07) is 11.4. The number of furan rings is 1. The van der Waals surface area contributed by atoms with Crippen LogP contribution in [0.25, 0.3) is 0 Å². The van der Waals surface area contributed by atoms with Gasteiger partial charge in [-0.3, -0.25) is 0 Å². The van der Waals surface area contributed by atoms with E-state index >= 15 is 0 Å². The first kappa shape index (κ1) is 11.7. The van der Waals surface area contributed by atoms with Gasteiger partial charge in [0.1, 0.15) is 23.9 Å². The molecule has 0 spiro atoms. The number of nitrogens with two attached hydrogens (primary N) is 1. The second-order valence-electron chi connectivity index (χ2n) is 4.13. The largest absolute Gasteiger partial charge is 0.491 e. The quantitative estimate of drug-likeness (QED) is 0.880. The van der Waals surface area contributed by atoms with E-state index in [1.54, 1.807) is 0 Å². The fourth-order valence-corrected chi connectivity index (χ4v) is 1.63. The van der Waals surface area contributed by atoms with Crippen LogP contribution in [-0.2, 0) is 0 Å². The molecule has 0 radical (unpaired) electrons. The van der Waals surface area contributed by atoms with Crippen molar-refractivity contribution >= 4 is 0 Å². The van der Waals surface area contributed by atoms with Gasteiger partial charge in [-0.1, -0.05) is 18.2 Å². The van der Waals surface area contributed by atoms with Crippen LogP contribution in [-0.4, -0.2) is 6.61 Å². The van der Waals surface area contributed by atoms with Gasteiger partial charge in [0.05, 0.1) is 6.04 Å². The van der Waals surface area contributed by atoms with E-state index in [0.717, 1.165) is 22.8 Å². The van der Waals surface area contributed by atoms with Crippen molar-refractivity contribution in [3.05, 3.63) is 53.5 Å². The summed E-state index contributed by atoms with van der Waals surface area (Å²) < 4.78 is 11.1. The Bertz CT molecular complexity index is 490. The van der Waals surface area contributed by atoms with Crippen molar-refractivity contribution < 1.29 is 9.15 Å². The fraction of sp³-hybridized carbons (Fsp3) is 0.286. The molecular weight excluding hydrogens is 214 g/mol. The molecule has 1 atom stereocenters. The molecule has 17 heavy (non-hydrogen) atoms. The van der Waals surface area contributed by atoms with Gasteiger partial charge in [0, 0.05) is 0 Å². The van der Waals surface area contributed by atoms with Crippen molar-refractivity contribution in [2.75, 3.05) is 6.61 Å². The fourth-order valence-electron chi connectivity index (χ4n) is 1.63. The van der Waals surface area contributed by atoms with E-state index in [-0.39, 0.29) is 6.04 Å². The first-order valence-electron chi connectivity index (χ1n) is 5.67. The van der Waals surface area contributed by atoms with E-state index in [0.29, 0.717) is 6.61 Å². The molecule has 1 aromatic carbocycles. The van der Waals surface area contributed by atoms with E-state index in [2.05, 4.69) is 0 Å². The molecule has 1 heterocycles. The van der Waals surface area contributed by atoms with E-state index in [9.17, 15) is 0 Å². The average molecular weight is 231 g/mol. The van der Waals surface area contributed by atoms with Gasteiger partial charge in [-0.2, -0.15) is 0 Å². The van der Waals surface area contributed by atoms with Crippen molar-refractivity contribution in [1.82, 2.24) is 0 Å². The number of para-hydroxylation sites is 1. The van der Waals surface area contributed by atoms with Crippen LogP contribution in [0.15, 0.2) is 40.8 Å². The van der Waals surface area contributed by atoms with Crippen molar-refractivity contribution in [1.29, 1.82) is 0 Å². The zero-order chi connectivity index (χ0) is 12.3. The summed E-state index contributed by atoms with van der Waals surface area (Å²) in [7, 11) is 0. The lowest BCUT2D eigenvalue weighted by Gasteiger charge is -2.12. The van der Waals surface area contributed by atoms with Crippen molar-refractivity contribution in [3.8, 4) is 5.75 Å². The molecule has 3 heteroatoms. The second kappa shape index (κ2) is 5.06. The maximum Gasteiger partial charge on any atom is 0.124 e. The minimum atomic E-state index is -0.233. The first-order valence-corrected chi connectivity index (χ1v) is 5.67. The molecule has 0 aliphatic heterocycles. The summed E-state index contributed by atoms with van der Waals surface area (Å²) in [5, 5.41) is 0. The molecule has 2 aromatic rings. The molecule has 1 unspecified atom stereocenters. The van der Waals surface area contributed by atoms with E-state index in [1.165, 1.54) is 0 Å². The predicted octanol–water partition coefficient (Wildman–Crippen LogP) is 2.98. The Labute approximate surface area is 101 Å². The average Bonchev–Trinajstić information content (AvgIpc) is 2.74. The maximum absolute atomic E-state index is 5.99. The van der Waals surface area contributed by atoms with Gasteiger partial charge in [-0.15, -0.1) is 0 Å². The minimum Gasteiger partial charge on any atom is -0.491 e. The van der Waals surface area contributed by atoms with Crippen LogP contribution in [0.2, 0.25) is 0 Å². The van der Waals surface area contributed by atoms with Gasteiger partial charge in [0.2, 0.25) is 0 Å². The highest BCUT2D eigenvalue weighted by molar-refractivity contribution is 5.31. The summed E-state index contributed by atoms with van der Waals surface area (Å²) in [6.07, 6.45) is 0. The normalized spacial score (nSPS) is 12.4.